The Morgan fingerprint density at radius 3 is 2.47 bits per heavy atom. The lowest BCUT2D eigenvalue weighted by atomic mass is 9.96. The van der Waals surface area contributed by atoms with Crippen molar-refractivity contribution in [2.75, 3.05) is 0 Å². The van der Waals surface area contributed by atoms with E-state index in [-0.39, 0.29) is 6.10 Å². The second-order valence-corrected chi connectivity index (χ2v) is 6.75. The molecule has 0 aliphatic carbocycles. The molecule has 0 saturated heterocycles. The number of rotatable bonds is 6. The monoisotopic (exact) mass is 300 g/mol. The van der Waals surface area contributed by atoms with Gasteiger partial charge in [-0.25, -0.2) is 9.78 Å². The third kappa shape index (κ3) is 6.20. The van der Waals surface area contributed by atoms with Crippen LogP contribution in [0.3, 0.4) is 0 Å². The van der Waals surface area contributed by atoms with Gasteiger partial charge in [-0.2, -0.15) is 0 Å². The molecule has 0 spiro atoms. The first-order valence-corrected chi connectivity index (χ1v) is 8.37. The van der Waals surface area contributed by atoms with Crippen molar-refractivity contribution in [2.24, 2.45) is 11.8 Å². The number of aromatic nitrogens is 1. The van der Waals surface area contributed by atoms with Gasteiger partial charge in [0, 0.05) is 17.2 Å². The Hall–Kier alpha value is -0.880. The summed E-state index contributed by atoms with van der Waals surface area (Å²) in [5.41, 5.74) is 0. The summed E-state index contributed by atoms with van der Waals surface area (Å²) in [5.74, 6) is 0.610. The molecule has 106 valence electrons. The van der Waals surface area contributed by atoms with Crippen LogP contribution in [0.4, 0.5) is 4.79 Å². The standard InChI is InChI=1S/C13H20N2O2S2/c1-9(2)12(10(3)4)17-13(16)15-19-18-11-7-5-6-8-14-11/h5-10,12H,1-4H3,(H,15,16). The summed E-state index contributed by atoms with van der Waals surface area (Å²) in [5, 5.41) is 0.845. The van der Waals surface area contributed by atoms with Gasteiger partial charge in [-0.3, -0.25) is 4.72 Å². The van der Waals surface area contributed by atoms with Gasteiger partial charge in [-0.15, -0.1) is 0 Å². The number of nitrogens with one attached hydrogen (secondary N) is 1. The maximum absolute atomic E-state index is 11.7. The zero-order valence-electron chi connectivity index (χ0n) is 11.6. The van der Waals surface area contributed by atoms with E-state index in [2.05, 4.69) is 9.71 Å². The molecule has 0 fully saturated rings. The number of hydrogen-bond donors (Lipinski definition) is 1. The van der Waals surface area contributed by atoms with Crippen molar-refractivity contribution in [2.45, 2.75) is 38.8 Å². The van der Waals surface area contributed by atoms with Crippen LogP contribution in [0.2, 0.25) is 0 Å². The minimum absolute atomic E-state index is 0.0690. The maximum Gasteiger partial charge on any atom is 0.418 e. The quantitative estimate of drug-likeness (QED) is 0.632. The molecule has 0 aliphatic heterocycles. The van der Waals surface area contributed by atoms with E-state index in [1.54, 1.807) is 6.20 Å². The molecular formula is C13H20N2O2S2. The Kier molecular flexibility index (Phi) is 7.09. The van der Waals surface area contributed by atoms with E-state index in [1.165, 1.54) is 21.8 Å². The van der Waals surface area contributed by atoms with E-state index in [0.29, 0.717) is 11.8 Å². The molecule has 0 radical (unpaired) electrons. The van der Waals surface area contributed by atoms with Crippen molar-refractivity contribution in [1.82, 2.24) is 9.71 Å². The Balaban J connectivity index is 2.31. The lowest BCUT2D eigenvalue weighted by Crippen LogP contribution is -2.31. The third-order valence-corrected chi connectivity index (χ3v) is 4.20. The number of pyridine rings is 1. The van der Waals surface area contributed by atoms with Gasteiger partial charge in [0.15, 0.2) is 0 Å². The van der Waals surface area contributed by atoms with Gasteiger partial charge in [0.2, 0.25) is 0 Å². The molecule has 1 amide bonds. The topological polar surface area (TPSA) is 51.2 Å². The molecule has 1 N–H and O–H groups in total. The van der Waals surface area contributed by atoms with E-state index in [1.807, 2.05) is 45.9 Å². The van der Waals surface area contributed by atoms with Gasteiger partial charge in [-0.05, 0) is 34.8 Å². The van der Waals surface area contributed by atoms with Crippen molar-refractivity contribution >= 4 is 27.9 Å². The van der Waals surface area contributed by atoms with Crippen LogP contribution in [0.1, 0.15) is 27.7 Å². The van der Waals surface area contributed by atoms with Crippen molar-refractivity contribution in [3.05, 3.63) is 24.4 Å². The van der Waals surface area contributed by atoms with Crippen LogP contribution < -0.4 is 4.72 Å². The molecule has 0 aliphatic rings. The van der Waals surface area contributed by atoms with Crippen LogP contribution in [-0.2, 0) is 4.74 Å². The van der Waals surface area contributed by atoms with Crippen molar-refractivity contribution in [1.29, 1.82) is 0 Å². The highest BCUT2D eigenvalue weighted by Gasteiger charge is 2.21. The molecule has 1 aromatic rings. The first kappa shape index (κ1) is 16.2. The predicted molar refractivity (Wildman–Crippen MR) is 80.8 cm³/mol. The summed E-state index contributed by atoms with van der Waals surface area (Å²) >= 11 is 0. The minimum atomic E-state index is -0.402. The van der Waals surface area contributed by atoms with Crippen molar-refractivity contribution in [3.8, 4) is 0 Å². The fourth-order valence-corrected chi connectivity index (χ4v) is 3.05. The van der Waals surface area contributed by atoms with Gasteiger partial charge >= 0.3 is 6.09 Å². The first-order chi connectivity index (χ1) is 9.00. The molecule has 0 aromatic carbocycles. The van der Waals surface area contributed by atoms with Crippen LogP contribution in [0.5, 0.6) is 0 Å². The Bertz CT molecular complexity index is 377. The van der Waals surface area contributed by atoms with Gasteiger partial charge in [-0.1, -0.05) is 33.8 Å². The van der Waals surface area contributed by atoms with E-state index in [9.17, 15) is 4.79 Å². The van der Waals surface area contributed by atoms with E-state index < -0.39 is 6.09 Å². The number of nitrogens with zero attached hydrogens (tertiary/aromatic N) is 1. The van der Waals surface area contributed by atoms with Crippen LogP contribution in [0.25, 0.3) is 0 Å². The highest BCUT2D eigenvalue weighted by Crippen LogP contribution is 2.26. The van der Waals surface area contributed by atoms with Gasteiger partial charge in [0.1, 0.15) is 11.1 Å². The Labute approximate surface area is 122 Å². The van der Waals surface area contributed by atoms with Gasteiger partial charge < -0.3 is 4.74 Å². The number of ether oxygens (including phenoxy) is 1. The van der Waals surface area contributed by atoms with E-state index in [4.69, 9.17) is 4.74 Å². The minimum Gasteiger partial charge on any atom is -0.445 e. The summed E-state index contributed by atoms with van der Waals surface area (Å²) in [4.78, 5) is 15.8. The molecule has 0 unspecified atom stereocenters. The third-order valence-electron chi connectivity index (χ3n) is 2.45. The number of amides is 1. The predicted octanol–water partition coefficient (Wildman–Crippen LogP) is 4.14. The SMILES string of the molecule is CC(C)C(OC(=O)NSSc1ccccn1)C(C)C. The van der Waals surface area contributed by atoms with Crippen LogP contribution in [0, 0.1) is 11.8 Å². The maximum atomic E-state index is 11.7. The molecule has 19 heavy (non-hydrogen) atoms. The summed E-state index contributed by atoms with van der Waals surface area (Å²) in [6, 6.07) is 5.64. The smallest absolute Gasteiger partial charge is 0.418 e. The number of carbonyl (C=O) groups is 1. The molecule has 1 rings (SSSR count). The summed E-state index contributed by atoms with van der Waals surface area (Å²) in [7, 11) is 2.60. The first-order valence-electron chi connectivity index (χ1n) is 6.22. The molecule has 6 heteroatoms. The van der Waals surface area contributed by atoms with Crippen molar-refractivity contribution in [3.63, 3.8) is 0 Å². The van der Waals surface area contributed by atoms with E-state index in [0.717, 1.165) is 5.03 Å². The molecule has 1 heterocycles. The zero-order chi connectivity index (χ0) is 14.3. The lowest BCUT2D eigenvalue weighted by molar-refractivity contribution is 0.0465. The van der Waals surface area contributed by atoms with Gasteiger partial charge in [0.25, 0.3) is 0 Å². The average molecular weight is 300 g/mol. The molecule has 0 bridgehead atoms. The van der Waals surface area contributed by atoms with Crippen LogP contribution in [-0.4, -0.2) is 17.2 Å². The summed E-state index contributed by atoms with van der Waals surface area (Å²) in [6.07, 6.45) is 1.25. The average Bonchev–Trinajstić information content (AvgIpc) is 2.36. The van der Waals surface area contributed by atoms with Crippen LogP contribution in [0.15, 0.2) is 29.4 Å². The van der Waals surface area contributed by atoms with E-state index >= 15 is 0 Å². The zero-order valence-corrected chi connectivity index (χ0v) is 13.3. The van der Waals surface area contributed by atoms with Crippen molar-refractivity contribution < 1.29 is 9.53 Å². The summed E-state index contributed by atoms with van der Waals surface area (Å²) in [6.45, 7) is 8.20. The molecule has 0 saturated carbocycles. The largest absolute Gasteiger partial charge is 0.445 e. The molecule has 0 atom stereocenters. The highest BCUT2D eigenvalue weighted by molar-refractivity contribution is 8.76. The highest BCUT2D eigenvalue weighted by atomic mass is 33.1. The summed E-state index contributed by atoms with van der Waals surface area (Å²) < 4.78 is 8.06. The number of hydrogen-bond acceptors (Lipinski definition) is 5. The van der Waals surface area contributed by atoms with Gasteiger partial charge in [0.05, 0.1) is 0 Å². The normalized spacial score (nSPS) is 11.1. The Morgan fingerprint density at radius 1 is 1.26 bits per heavy atom. The lowest BCUT2D eigenvalue weighted by Gasteiger charge is -2.24. The molecule has 1 aromatic heterocycles. The van der Waals surface area contributed by atoms with Crippen LogP contribution >= 0.6 is 21.8 Å². The second kappa shape index (κ2) is 8.32. The fraction of sp³-hybridized carbons (Fsp3) is 0.538. The Morgan fingerprint density at radius 2 is 1.95 bits per heavy atom. The second-order valence-electron chi connectivity index (χ2n) is 4.79. The molecule has 4 nitrogen and oxygen atoms in total. The molecular weight excluding hydrogens is 280 g/mol. The fourth-order valence-electron chi connectivity index (χ4n) is 1.68. The number of carbonyl (C=O) groups excluding carboxylic acids is 1.